The van der Waals surface area contributed by atoms with Crippen LogP contribution < -0.4 is 10.6 Å². The van der Waals surface area contributed by atoms with E-state index in [4.69, 9.17) is 0 Å². The first-order chi connectivity index (χ1) is 9.60. The highest BCUT2D eigenvalue weighted by molar-refractivity contribution is 7.15. The number of nitrogens with one attached hydrogen (secondary N) is 2. The van der Waals surface area contributed by atoms with E-state index in [-0.39, 0.29) is 5.91 Å². The van der Waals surface area contributed by atoms with Crippen LogP contribution in [0.25, 0.3) is 0 Å². The molecule has 0 aliphatic heterocycles. The molecule has 106 valence electrons. The van der Waals surface area contributed by atoms with E-state index in [0.29, 0.717) is 10.7 Å². The van der Waals surface area contributed by atoms with Crippen molar-refractivity contribution < 1.29 is 4.79 Å². The predicted molar refractivity (Wildman–Crippen MR) is 84.8 cm³/mol. The number of aromatic nitrogens is 1. The van der Waals surface area contributed by atoms with Crippen LogP contribution in [0, 0.1) is 13.8 Å². The van der Waals surface area contributed by atoms with Gasteiger partial charge >= 0.3 is 0 Å². The summed E-state index contributed by atoms with van der Waals surface area (Å²) in [4.78, 5) is 17.5. The largest absolute Gasteiger partial charge is 0.385 e. The minimum absolute atomic E-state index is 0.124. The summed E-state index contributed by atoms with van der Waals surface area (Å²) >= 11 is 1.50. The number of thiazole rings is 1. The van der Waals surface area contributed by atoms with Crippen molar-refractivity contribution in [3.8, 4) is 0 Å². The molecule has 0 bridgehead atoms. The Kier molecular flexibility index (Phi) is 4.74. The van der Waals surface area contributed by atoms with Gasteiger partial charge in [-0.05, 0) is 44.5 Å². The number of carbonyl (C=O) groups is 1. The number of hydrogen-bond acceptors (Lipinski definition) is 4. The van der Waals surface area contributed by atoms with Crippen LogP contribution in [0.3, 0.4) is 0 Å². The second-order valence-electron chi connectivity index (χ2n) is 4.62. The van der Waals surface area contributed by atoms with E-state index in [9.17, 15) is 4.79 Å². The first-order valence-corrected chi connectivity index (χ1v) is 7.51. The van der Waals surface area contributed by atoms with E-state index >= 15 is 0 Å². The number of hydrogen-bond donors (Lipinski definition) is 2. The van der Waals surface area contributed by atoms with Crippen LogP contribution >= 0.6 is 11.3 Å². The maximum absolute atomic E-state index is 12.1. The summed E-state index contributed by atoms with van der Waals surface area (Å²) in [6.07, 6.45) is 1.07. The number of nitrogens with zero attached hydrogens (tertiary/aromatic N) is 1. The maximum atomic E-state index is 12.1. The lowest BCUT2D eigenvalue weighted by atomic mass is 10.2. The highest BCUT2D eigenvalue weighted by Crippen LogP contribution is 2.21. The Balaban J connectivity index is 2.01. The van der Waals surface area contributed by atoms with Crippen LogP contribution in [0.15, 0.2) is 24.3 Å². The first kappa shape index (κ1) is 14.5. The average molecular weight is 289 g/mol. The van der Waals surface area contributed by atoms with Crippen LogP contribution in [0.4, 0.5) is 10.8 Å². The lowest BCUT2D eigenvalue weighted by molar-refractivity contribution is 0.102. The summed E-state index contributed by atoms with van der Waals surface area (Å²) in [5.74, 6) is -0.124. The summed E-state index contributed by atoms with van der Waals surface area (Å²) < 4.78 is 0. The minimum Gasteiger partial charge on any atom is -0.385 e. The van der Waals surface area contributed by atoms with Crippen molar-refractivity contribution in [2.45, 2.75) is 27.2 Å². The number of carbonyl (C=O) groups excluding carboxylic acids is 1. The van der Waals surface area contributed by atoms with Crippen molar-refractivity contribution in [3.63, 3.8) is 0 Å². The van der Waals surface area contributed by atoms with Gasteiger partial charge in [-0.15, -0.1) is 11.3 Å². The molecule has 2 rings (SSSR count). The molecule has 0 fully saturated rings. The van der Waals surface area contributed by atoms with E-state index in [1.165, 1.54) is 11.3 Å². The van der Waals surface area contributed by atoms with E-state index < -0.39 is 0 Å². The Hall–Kier alpha value is -1.88. The Morgan fingerprint density at radius 2 is 1.95 bits per heavy atom. The standard InChI is InChI=1S/C15H19N3OS/c1-4-9-16-13-7-5-12(6-8-13)14(19)18-15-17-10(2)11(3)20-15/h5-8,16H,4,9H2,1-3H3,(H,17,18,19). The molecule has 1 heterocycles. The van der Waals surface area contributed by atoms with Gasteiger partial charge in [0.05, 0.1) is 5.69 Å². The molecule has 0 aliphatic carbocycles. The normalized spacial score (nSPS) is 10.3. The molecule has 2 aromatic rings. The molecule has 0 saturated heterocycles. The highest BCUT2D eigenvalue weighted by atomic mass is 32.1. The Bertz CT molecular complexity index is 570. The maximum Gasteiger partial charge on any atom is 0.257 e. The van der Waals surface area contributed by atoms with Gasteiger partial charge in [0.25, 0.3) is 5.91 Å². The summed E-state index contributed by atoms with van der Waals surface area (Å²) in [6, 6.07) is 7.48. The molecule has 0 spiro atoms. The molecule has 0 unspecified atom stereocenters. The van der Waals surface area contributed by atoms with Gasteiger partial charge in [0.2, 0.25) is 0 Å². The summed E-state index contributed by atoms with van der Waals surface area (Å²) in [6.45, 7) is 6.99. The van der Waals surface area contributed by atoms with E-state index in [0.717, 1.165) is 29.2 Å². The second-order valence-corrected chi connectivity index (χ2v) is 5.82. The van der Waals surface area contributed by atoms with Crippen LogP contribution in [-0.4, -0.2) is 17.4 Å². The van der Waals surface area contributed by atoms with Crippen LogP contribution in [0.1, 0.15) is 34.3 Å². The zero-order valence-electron chi connectivity index (χ0n) is 12.0. The van der Waals surface area contributed by atoms with Crippen molar-refractivity contribution in [3.05, 3.63) is 40.4 Å². The molecule has 0 radical (unpaired) electrons. The monoisotopic (exact) mass is 289 g/mol. The number of anilines is 2. The van der Waals surface area contributed by atoms with E-state index in [1.54, 1.807) is 0 Å². The third-order valence-corrected chi connectivity index (χ3v) is 3.96. The van der Waals surface area contributed by atoms with Crippen molar-refractivity contribution >= 4 is 28.1 Å². The molecule has 0 atom stereocenters. The molecule has 1 aromatic heterocycles. The summed E-state index contributed by atoms with van der Waals surface area (Å²) in [5, 5.41) is 6.76. The lowest BCUT2D eigenvalue weighted by Gasteiger charge is -2.06. The highest BCUT2D eigenvalue weighted by Gasteiger charge is 2.09. The average Bonchev–Trinajstić information content (AvgIpc) is 2.75. The fraction of sp³-hybridized carbons (Fsp3) is 0.333. The van der Waals surface area contributed by atoms with Gasteiger partial charge in [-0.3, -0.25) is 10.1 Å². The Morgan fingerprint density at radius 3 is 2.50 bits per heavy atom. The van der Waals surface area contributed by atoms with Gasteiger partial charge in [-0.25, -0.2) is 4.98 Å². The number of amides is 1. The molecule has 0 aliphatic rings. The summed E-state index contributed by atoms with van der Waals surface area (Å²) in [5.41, 5.74) is 2.63. The van der Waals surface area contributed by atoms with Crippen molar-refractivity contribution in [2.75, 3.05) is 17.2 Å². The predicted octanol–water partition coefficient (Wildman–Crippen LogP) is 3.83. The summed E-state index contributed by atoms with van der Waals surface area (Å²) in [7, 11) is 0. The molecule has 0 saturated carbocycles. The topological polar surface area (TPSA) is 54.0 Å². The SMILES string of the molecule is CCCNc1ccc(C(=O)Nc2nc(C)c(C)s2)cc1. The quantitative estimate of drug-likeness (QED) is 0.879. The second kappa shape index (κ2) is 6.52. The number of rotatable bonds is 5. The molecule has 4 nitrogen and oxygen atoms in total. The Labute approximate surface area is 123 Å². The van der Waals surface area contributed by atoms with Crippen LogP contribution in [0.5, 0.6) is 0 Å². The fourth-order valence-corrected chi connectivity index (χ4v) is 2.51. The third kappa shape index (κ3) is 3.57. The zero-order chi connectivity index (χ0) is 14.5. The molecule has 20 heavy (non-hydrogen) atoms. The smallest absolute Gasteiger partial charge is 0.257 e. The molecular formula is C15H19N3OS. The van der Waals surface area contributed by atoms with Gasteiger partial charge in [-0.1, -0.05) is 6.92 Å². The van der Waals surface area contributed by atoms with E-state index in [2.05, 4.69) is 22.5 Å². The Morgan fingerprint density at radius 1 is 1.25 bits per heavy atom. The van der Waals surface area contributed by atoms with Gasteiger partial charge in [0.1, 0.15) is 0 Å². The van der Waals surface area contributed by atoms with Crippen LogP contribution in [0.2, 0.25) is 0 Å². The van der Waals surface area contributed by atoms with E-state index in [1.807, 2.05) is 38.1 Å². The molecular weight excluding hydrogens is 270 g/mol. The third-order valence-electron chi connectivity index (χ3n) is 2.98. The lowest BCUT2D eigenvalue weighted by Crippen LogP contribution is -2.11. The zero-order valence-corrected chi connectivity index (χ0v) is 12.8. The fourth-order valence-electron chi connectivity index (χ4n) is 1.70. The van der Waals surface area contributed by atoms with Gasteiger partial charge < -0.3 is 5.32 Å². The number of benzene rings is 1. The molecule has 2 N–H and O–H groups in total. The molecule has 1 amide bonds. The van der Waals surface area contributed by atoms with Gasteiger partial charge in [0.15, 0.2) is 5.13 Å². The molecule has 1 aromatic carbocycles. The van der Waals surface area contributed by atoms with Gasteiger partial charge in [-0.2, -0.15) is 0 Å². The van der Waals surface area contributed by atoms with Crippen molar-refractivity contribution in [2.24, 2.45) is 0 Å². The number of aryl methyl sites for hydroxylation is 2. The van der Waals surface area contributed by atoms with Crippen LogP contribution in [-0.2, 0) is 0 Å². The minimum atomic E-state index is -0.124. The van der Waals surface area contributed by atoms with Crippen molar-refractivity contribution in [1.82, 2.24) is 4.98 Å². The van der Waals surface area contributed by atoms with Gasteiger partial charge in [0, 0.05) is 22.7 Å². The van der Waals surface area contributed by atoms with Crippen molar-refractivity contribution in [1.29, 1.82) is 0 Å². The first-order valence-electron chi connectivity index (χ1n) is 6.69. The molecule has 5 heteroatoms.